The smallest absolute Gasteiger partial charge is 0.302 e. The monoisotopic (exact) mass is 232 g/mol. The lowest BCUT2D eigenvalue weighted by Gasteiger charge is -2.06. The van der Waals surface area contributed by atoms with E-state index in [-0.39, 0.29) is 5.97 Å². The van der Waals surface area contributed by atoms with Gasteiger partial charge in [-0.25, -0.2) is 0 Å². The number of carbonyl (C=O) groups is 1. The Morgan fingerprint density at radius 3 is 2.65 bits per heavy atom. The molecule has 1 aromatic rings. The maximum Gasteiger partial charge on any atom is 0.302 e. The summed E-state index contributed by atoms with van der Waals surface area (Å²) in [6, 6.07) is 8.34. The fourth-order valence-corrected chi connectivity index (χ4v) is 1.69. The second kappa shape index (κ2) is 6.89. The Kier molecular flexibility index (Phi) is 5.47. The lowest BCUT2D eigenvalue weighted by Crippen LogP contribution is -2.01. The number of esters is 1. The largest absolute Gasteiger partial charge is 0.461 e. The molecule has 1 aromatic carbocycles. The van der Waals surface area contributed by atoms with Crippen LogP contribution in [0.2, 0.25) is 0 Å². The van der Waals surface area contributed by atoms with Crippen LogP contribution in [0, 0.1) is 0 Å². The van der Waals surface area contributed by atoms with Gasteiger partial charge in [-0.3, -0.25) is 4.79 Å². The number of carbonyl (C=O) groups excluding carboxylic acids is 1. The molecular weight excluding hydrogens is 212 g/mol. The highest BCUT2D eigenvalue weighted by atomic mass is 16.5. The molecule has 0 aliphatic carbocycles. The van der Waals surface area contributed by atoms with Crippen molar-refractivity contribution in [2.75, 3.05) is 6.61 Å². The third-order valence-corrected chi connectivity index (χ3v) is 2.48. The average Bonchev–Trinajstić information content (AvgIpc) is 2.29. The minimum absolute atomic E-state index is 0.236. The third kappa shape index (κ3) is 4.85. The van der Waals surface area contributed by atoms with Gasteiger partial charge in [-0.2, -0.15) is 0 Å². The predicted octanol–water partition coefficient (Wildman–Crippen LogP) is 3.61. The normalized spacial score (nSPS) is 11.4. The summed E-state index contributed by atoms with van der Waals surface area (Å²) in [6.07, 6.45) is 4.30. The Labute approximate surface area is 103 Å². The first-order chi connectivity index (χ1) is 8.13. The molecule has 0 N–H and O–H groups in total. The molecule has 0 saturated heterocycles. The van der Waals surface area contributed by atoms with Crippen LogP contribution in [0.5, 0.6) is 0 Å². The zero-order chi connectivity index (χ0) is 12.7. The van der Waals surface area contributed by atoms with Crippen LogP contribution >= 0.6 is 0 Å². The van der Waals surface area contributed by atoms with Gasteiger partial charge in [-0.05, 0) is 30.0 Å². The van der Waals surface area contributed by atoms with Crippen molar-refractivity contribution in [3.63, 3.8) is 0 Å². The molecule has 0 aliphatic rings. The molecule has 0 saturated carbocycles. The topological polar surface area (TPSA) is 26.3 Å². The minimum Gasteiger partial charge on any atom is -0.461 e. The Bertz CT molecular complexity index is 405. The van der Waals surface area contributed by atoms with E-state index in [4.69, 9.17) is 4.74 Å². The minimum atomic E-state index is -0.236. The molecule has 0 amide bonds. The lowest BCUT2D eigenvalue weighted by atomic mass is 10.0. The molecule has 2 heteroatoms. The number of aryl methyl sites for hydroxylation is 1. The zero-order valence-electron chi connectivity index (χ0n) is 10.8. The number of rotatable bonds is 5. The van der Waals surface area contributed by atoms with Gasteiger partial charge in [-0.1, -0.05) is 43.7 Å². The van der Waals surface area contributed by atoms with Crippen LogP contribution in [0.4, 0.5) is 0 Å². The van der Waals surface area contributed by atoms with Crippen LogP contribution in [-0.4, -0.2) is 12.6 Å². The average molecular weight is 232 g/mol. The summed E-state index contributed by atoms with van der Waals surface area (Å²) in [5, 5.41) is 0. The first kappa shape index (κ1) is 13.5. The quantitative estimate of drug-likeness (QED) is 0.725. The molecule has 0 atom stereocenters. The molecule has 0 bridgehead atoms. The van der Waals surface area contributed by atoms with Crippen LogP contribution in [0.3, 0.4) is 0 Å². The maximum atomic E-state index is 10.7. The summed E-state index contributed by atoms with van der Waals surface area (Å²) in [6.45, 7) is 5.95. The molecule has 0 unspecified atom stereocenters. The summed E-state index contributed by atoms with van der Waals surface area (Å²) in [5.74, 6) is -0.236. The van der Waals surface area contributed by atoms with Gasteiger partial charge < -0.3 is 4.74 Å². The summed E-state index contributed by atoms with van der Waals surface area (Å²) in [5.41, 5.74) is 3.62. The van der Waals surface area contributed by atoms with E-state index in [1.807, 2.05) is 13.0 Å². The van der Waals surface area contributed by atoms with Crippen LogP contribution in [0.1, 0.15) is 38.3 Å². The fourth-order valence-electron chi connectivity index (χ4n) is 1.69. The van der Waals surface area contributed by atoms with E-state index in [1.165, 1.54) is 18.1 Å². The summed E-state index contributed by atoms with van der Waals surface area (Å²) >= 11 is 0. The van der Waals surface area contributed by atoms with E-state index in [1.54, 1.807) is 0 Å². The molecule has 0 spiro atoms. The third-order valence-electron chi connectivity index (χ3n) is 2.48. The van der Waals surface area contributed by atoms with Gasteiger partial charge in [0.2, 0.25) is 0 Å². The SMILES string of the molecule is CCCc1ccccc1/C=C(\C)COC(C)=O. The van der Waals surface area contributed by atoms with Crippen LogP contribution < -0.4 is 0 Å². The van der Waals surface area contributed by atoms with E-state index in [2.05, 4.69) is 31.2 Å². The highest BCUT2D eigenvalue weighted by Gasteiger charge is 2.00. The summed E-state index contributed by atoms with van der Waals surface area (Å²) in [4.78, 5) is 10.7. The van der Waals surface area contributed by atoms with E-state index < -0.39 is 0 Å². The second-order valence-electron chi connectivity index (χ2n) is 4.22. The van der Waals surface area contributed by atoms with Crippen LogP contribution in [-0.2, 0) is 16.0 Å². The molecule has 17 heavy (non-hydrogen) atoms. The molecule has 0 aliphatic heterocycles. The summed E-state index contributed by atoms with van der Waals surface area (Å²) in [7, 11) is 0. The van der Waals surface area contributed by atoms with Gasteiger partial charge in [0.05, 0.1) is 0 Å². The Balaban J connectivity index is 2.77. The van der Waals surface area contributed by atoms with Crippen molar-refractivity contribution in [2.45, 2.75) is 33.6 Å². The first-order valence-electron chi connectivity index (χ1n) is 6.02. The molecule has 0 radical (unpaired) electrons. The maximum absolute atomic E-state index is 10.7. The standard InChI is InChI=1S/C15H20O2/c1-4-7-14-8-5-6-9-15(14)10-12(2)11-17-13(3)16/h5-6,8-10H,4,7,11H2,1-3H3/b12-10+. The van der Waals surface area contributed by atoms with E-state index in [9.17, 15) is 4.79 Å². The Hall–Kier alpha value is -1.57. The van der Waals surface area contributed by atoms with Gasteiger partial charge >= 0.3 is 5.97 Å². The highest BCUT2D eigenvalue weighted by Crippen LogP contribution is 2.15. The number of hydrogen-bond donors (Lipinski definition) is 0. The summed E-state index contributed by atoms with van der Waals surface area (Å²) < 4.78 is 4.97. The van der Waals surface area contributed by atoms with E-state index in [0.29, 0.717) is 6.61 Å². The van der Waals surface area contributed by atoms with Gasteiger partial charge in [0, 0.05) is 6.92 Å². The molecule has 1 rings (SSSR count). The lowest BCUT2D eigenvalue weighted by molar-refractivity contribution is -0.139. The molecule has 0 aromatic heterocycles. The van der Waals surface area contributed by atoms with Crippen molar-refractivity contribution in [3.8, 4) is 0 Å². The molecule has 92 valence electrons. The van der Waals surface area contributed by atoms with Crippen molar-refractivity contribution < 1.29 is 9.53 Å². The zero-order valence-corrected chi connectivity index (χ0v) is 10.8. The van der Waals surface area contributed by atoms with Crippen molar-refractivity contribution in [1.82, 2.24) is 0 Å². The highest BCUT2D eigenvalue weighted by molar-refractivity contribution is 5.66. The number of benzene rings is 1. The fraction of sp³-hybridized carbons (Fsp3) is 0.400. The molecular formula is C15H20O2. The Morgan fingerprint density at radius 1 is 1.29 bits per heavy atom. The Morgan fingerprint density at radius 2 is 2.00 bits per heavy atom. The first-order valence-corrected chi connectivity index (χ1v) is 6.02. The predicted molar refractivity (Wildman–Crippen MR) is 70.7 cm³/mol. The van der Waals surface area contributed by atoms with E-state index in [0.717, 1.165) is 18.4 Å². The van der Waals surface area contributed by atoms with Crippen LogP contribution in [0.25, 0.3) is 6.08 Å². The van der Waals surface area contributed by atoms with Crippen molar-refractivity contribution in [1.29, 1.82) is 0 Å². The van der Waals surface area contributed by atoms with Crippen LogP contribution in [0.15, 0.2) is 29.8 Å². The van der Waals surface area contributed by atoms with Crippen molar-refractivity contribution in [3.05, 3.63) is 41.0 Å². The van der Waals surface area contributed by atoms with Gasteiger partial charge in [-0.15, -0.1) is 0 Å². The van der Waals surface area contributed by atoms with Gasteiger partial charge in [0.15, 0.2) is 0 Å². The molecule has 2 nitrogen and oxygen atoms in total. The number of ether oxygens (including phenoxy) is 1. The van der Waals surface area contributed by atoms with Crippen molar-refractivity contribution in [2.24, 2.45) is 0 Å². The molecule has 0 fully saturated rings. The van der Waals surface area contributed by atoms with E-state index >= 15 is 0 Å². The van der Waals surface area contributed by atoms with Gasteiger partial charge in [0.25, 0.3) is 0 Å². The molecule has 0 heterocycles. The second-order valence-corrected chi connectivity index (χ2v) is 4.22. The van der Waals surface area contributed by atoms with Crippen molar-refractivity contribution >= 4 is 12.0 Å². The number of hydrogen-bond acceptors (Lipinski definition) is 2. The van der Waals surface area contributed by atoms with Gasteiger partial charge in [0.1, 0.15) is 6.61 Å².